The molecule has 5 atom stereocenters. The van der Waals surface area contributed by atoms with Crippen molar-refractivity contribution in [1.29, 1.82) is 0 Å². The van der Waals surface area contributed by atoms with Crippen molar-refractivity contribution in [2.45, 2.75) is 70.1 Å². The molecule has 2 aromatic heterocycles. The molecule has 14 heteroatoms. The van der Waals surface area contributed by atoms with Gasteiger partial charge in [0.15, 0.2) is 5.96 Å². The lowest BCUT2D eigenvalue weighted by Crippen LogP contribution is -2.58. The lowest BCUT2D eigenvalue weighted by molar-refractivity contribution is -0.144. The topological polar surface area (TPSA) is 247 Å². The number of benzene rings is 2. The monoisotopic (exact) mass is 659 g/mol. The van der Waals surface area contributed by atoms with Gasteiger partial charge in [-0.25, -0.2) is 4.79 Å². The highest BCUT2D eigenvalue weighted by Gasteiger charge is 2.32. The van der Waals surface area contributed by atoms with Crippen LogP contribution in [-0.2, 0) is 32.0 Å². The van der Waals surface area contributed by atoms with Gasteiger partial charge in [0.2, 0.25) is 17.7 Å². The Balaban J connectivity index is 1.57. The Bertz CT molecular complexity index is 1760. The smallest absolute Gasteiger partial charge is 0.326 e. The summed E-state index contributed by atoms with van der Waals surface area (Å²) in [5, 5.41) is 19.7. The van der Waals surface area contributed by atoms with Crippen molar-refractivity contribution in [1.82, 2.24) is 25.9 Å². The number of aliphatic imine (C=N–C) groups is 1. The standard InChI is InChI=1S/C34H45N9O5/c1-3-19(2)29(33(47)48)43-31(45)27(13-8-14-38-34(36)37)41-32(46)28(16-21-18-40-26-12-7-5-10-23(21)26)42-30(44)24(35)15-20-17-39-25-11-6-4-9-22(20)25/h4-7,9-12,17-19,24,27-29,39-40H,3,8,13-16,35H2,1-2H3,(H,41,46)(H,42,44)(H,43,45)(H,47,48)(H4,36,37,38). The van der Waals surface area contributed by atoms with E-state index in [4.69, 9.17) is 17.2 Å². The average Bonchev–Trinajstić information content (AvgIpc) is 3.67. The number of carbonyl (C=O) groups excluding carboxylic acids is 3. The second kappa shape index (κ2) is 16.5. The molecule has 0 aliphatic carbocycles. The van der Waals surface area contributed by atoms with Crippen molar-refractivity contribution < 1.29 is 24.3 Å². The number of nitrogens with zero attached hydrogens (tertiary/aromatic N) is 1. The van der Waals surface area contributed by atoms with E-state index in [1.807, 2.05) is 61.7 Å². The van der Waals surface area contributed by atoms with E-state index in [-0.39, 0.29) is 37.7 Å². The Kier molecular flexibility index (Phi) is 12.2. The predicted molar refractivity (Wildman–Crippen MR) is 185 cm³/mol. The van der Waals surface area contributed by atoms with E-state index in [2.05, 4.69) is 30.9 Å². The van der Waals surface area contributed by atoms with Gasteiger partial charge >= 0.3 is 5.97 Å². The first kappa shape index (κ1) is 35.5. The Labute approximate surface area is 278 Å². The van der Waals surface area contributed by atoms with Crippen molar-refractivity contribution in [3.63, 3.8) is 0 Å². The van der Waals surface area contributed by atoms with Crippen molar-refractivity contribution in [3.8, 4) is 0 Å². The van der Waals surface area contributed by atoms with Crippen molar-refractivity contribution in [3.05, 3.63) is 72.1 Å². The van der Waals surface area contributed by atoms with Crippen LogP contribution in [0.3, 0.4) is 0 Å². The number of H-pyrrole nitrogens is 2. The molecule has 0 bridgehead atoms. The van der Waals surface area contributed by atoms with Gasteiger partial charge in [0.25, 0.3) is 0 Å². The molecule has 0 aliphatic heterocycles. The van der Waals surface area contributed by atoms with Gasteiger partial charge in [-0.3, -0.25) is 19.4 Å². The van der Waals surface area contributed by atoms with E-state index in [9.17, 15) is 24.3 Å². The number of hydrogen-bond acceptors (Lipinski definition) is 6. The molecule has 256 valence electrons. The molecule has 0 fully saturated rings. The highest BCUT2D eigenvalue weighted by Crippen LogP contribution is 2.21. The van der Waals surface area contributed by atoms with Gasteiger partial charge in [0.05, 0.1) is 6.04 Å². The number of para-hydroxylation sites is 2. The molecule has 4 aromatic rings. The second-order valence-corrected chi connectivity index (χ2v) is 12.0. The molecule has 0 saturated heterocycles. The molecular weight excluding hydrogens is 614 g/mol. The van der Waals surface area contributed by atoms with E-state index >= 15 is 0 Å². The summed E-state index contributed by atoms with van der Waals surface area (Å²) < 4.78 is 0. The number of carboxylic acid groups (broad SMARTS) is 1. The van der Waals surface area contributed by atoms with Crippen LogP contribution < -0.4 is 33.2 Å². The Morgan fingerprint density at radius 3 is 1.92 bits per heavy atom. The highest BCUT2D eigenvalue weighted by molar-refractivity contribution is 5.95. The van der Waals surface area contributed by atoms with Gasteiger partial charge in [-0.15, -0.1) is 0 Å². The first-order valence-electron chi connectivity index (χ1n) is 16.0. The number of amides is 3. The maximum atomic E-state index is 14.0. The molecule has 2 heterocycles. The van der Waals surface area contributed by atoms with Crippen molar-refractivity contribution in [2.75, 3.05) is 6.54 Å². The minimum atomic E-state index is -1.18. The Hall–Kier alpha value is -5.37. The van der Waals surface area contributed by atoms with E-state index in [0.29, 0.717) is 12.8 Å². The normalized spacial score (nSPS) is 14.4. The SMILES string of the molecule is CCC(C)C(NC(=O)C(CCCN=C(N)N)NC(=O)C(Cc1c[nH]c2ccccc12)NC(=O)C(N)Cc1c[nH]c2ccccc12)C(=O)O. The molecule has 0 aliphatic rings. The molecule has 0 radical (unpaired) electrons. The summed E-state index contributed by atoms with van der Waals surface area (Å²) in [6, 6.07) is 10.8. The molecule has 2 aromatic carbocycles. The quantitative estimate of drug-likeness (QED) is 0.0454. The Morgan fingerprint density at radius 2 is 1.35 bits per heavy atom. The van der Waals surface area contributed by atoms with Crippen LogP contribution in [0.25, 0.3) is 21.8 Å². The lowest BCUT2D eigenvalue weighted by atomic mass is 9.98. The minimum Gasteiger partial charge on any atom is -0.480 e. The number of nitrogens with two attached hydrogens (primary N) is 3. The molecule has 48 heavy (non-hydrogen) atoms. The summed E-state index contributed by atoms with van der Waals surface area (Å²) >= 11 is 0. The first-order chi connectivity index (χ1) is 23.0. The van der Waals surface area contributed by atoms with Crippen molar-refractivity contribution >= 4 is 51.5 Å². The number of aliphatic carboxylic acids is 1. The van der Waals surface area contributed by atoms with E-state index in [0.717, 1.165) is 32.9 Å². The van der Waals surface area contributed by atoms with Crippen LogP contribution in [0, 0.1) is 5.92 Å². The number of rotatable bonds is 17. The molecule has 5 unspecified atom stereocenters. The lowest BCUT2D eigenvalue weighted by Gasteiger charge is -2.26. The number of guanidine groups is 1. The predicted octanol–water partition coefficient (Wildman–Crippen LogP) is 1.40. The number of fused-ring (bicyclic) bond motifs is 2. The van der Waals surface area contributed by atoms with Crippen molar-refractivity contribution in [2.24, 2.45) is 28.1 Å². The Morgan fingerprint density at radius 1 is 0.812 bits per heavy atom. The van der Waals surface area contributed by atoms with Crippen LogP contribution in [0.1, 0.15) is 44.2 Å². The fourth-order valence-electron chi connectivity index (χ4n) is 5.62. The number of carbonyl (C=O) groups is 4. The summed E-state index contributed by atoms with van der Waals surface area (Å²) in [5.41, 5.74) is 20.7. The zero-order chi connectivity index (χ0) is 34.8. The number of hydrogen-bond donors (Lipinski definition) is 9. The van der Waals surface area contributed by atoms with Gasteiger partial charge in [-0.05, 0) is 48.4 Å². The zero-order valence-electron chi connectivity index (χ0n) is 27.2. The molecule has 3 amide bonds. The molecule has 12 N–H and O–H groups in total. The summed E-state index contributed by atoms with van der Waals surface area (Å²) in [6.07, 6.45) is 4.82. The number of carboxylic acids is 1. The summed E-state index contributed by atoms with van der Waals surface area (Å²) in [5.74, 6) is -3.52. The zero-order valence-corrected chi connectivity index (χ0v) is 27.2. The van der Waals surface area contributed by atoms with Gasteiger partial charge in [-0.2, -0.15) is 0 Å². The van der Waals surface area contributed by atoms with Crippen LogP contribution >= 0.6 is 0 Å². The van der Waals surface area contributed by atoms with E-state index in [1.165, 1.54) is 0 Å². The molecule has 4 rings (SSSR count). The van der Waals surface area contributed by atoms with Gasteiger partial charge in [0.1, 0.15) is 18.1 Å². The molecular formula is C34H45N9O5. The molecule has 0 spiro atoms. The fourth-order valence-corrected chi connectivity index (χ4v) is 5.62. The fraction of sp³-hybridized carbons (Fsp3) is 0.382. The maximum Gasteiger partial charge on any atom is 0.326 e. The van der Waals surface area contributed by atoms with E-state index < -0.39 is 47.9 Å². The maximum absolute atomic E-state index is 14.0. The minimum absolute atomic E-state index is 0.0916. The third-order valence-electron chi connectivity index (χ3n) is 8.54. The van der Waals surface area contributed by atoms with Gasteiger partial charge in [0, 0.05) is 47.2 Å². The average molecular weight is 660 g/mol. The first-order valence-corrected chi connectivity index (χ1v) is 16.0. The van der Waals surface area contributed by atoms with E-state index in [1.54, 1.807) is 13.1 Å². The van der Waals surface area contributed by atoms with Crippen LogP contribution in [0.4, 0.5) is 0 Å². The van der Waals surface area contributed by atoms with Crippen LogP contribution in [0.15, 0.2) is 65.9 Å². The van der Waals surface area contributed by atoms with Crippen LogP contribution in [0.2, 0.25) is 0 Å². The third-order valence-corrected chi connectivity index (χ3v) is 8.54. The number of nitrogens with one attached hydrogen (secondary N) is 5. The van der Waals surface area contributed by atoms with Gasteiger partial charge < -0.3 is 48.2 Å². The summed E-state index contributed by atoms with van der Waals surface area (Å²) in [4.78, 5) is 63.2. The summed E-state index contributed by atoms with van der Waals surface area (Å²) in [6.45, 7) is 3.73. The van der Waals surface area contributed by atoms with Crippen LogP contribution in [0.5, 0.6) is 0 Å². The molecule has 14 nitrogen and oxygen atoms in total. The third kappa shape index (κ3) is 9.12. The van der Waals surface area contributed by atoms with Gasteiger partial charge in [-0.1, -0.05) is 56.7 Å². The largest absolute Gasteiger partial charge is 0.480 e. The number of aromatic amines is 2. The highest BCUT2D eigenvalue weighted by atomic mass is 16.4. The van der Waals surface area contributed by atoms with Crippen LogP contribution in [-0.4, -0.2) is 75.4 Å². The second-order valence-electron chi connectivity index (χ2n) is 12.0. The number of aromatic nitrogens is 2. The summed E-state index contributed by atoms with van der Waals surface area (Å²) in [7, 11) is 0. The molecule has 0 saturated carbocycles.